The molecule has 7 nitrogen and oxygen atoms in total. The summed E-state index contributed by atoms with van der Waals surface area (Å²) in [4.78, 5) is 24.4. The van der Waals surface area contributed by atoms with Gasteiger partial charge in [-0.3, -0.25) is 14.5 Å². The molecule has 0 radical (unpaired) electrons. The number of carbonyl (C=O) groups excluding carboxylic acids is 1. The standard InChI is InChI=1S/C24H21F3N6O/c1-31-11-15(21-23(31)29-7-6-28-21)24(34)33-13-4-3-5-18(33)20-14(10-13)22(32(2)30-20)12-8-16(25)19(27)17(26)9-12/h6-9,11,13,18H,3-5,10H2,1-2H3/t13-,18+/m0/s1. The number of halogens is 3. The minimum absolute atomic E-state index is 0.0937. The lowest BCUT2D eigenvalue weighted by molar-refractivity contribution is 0.0393. The van der Waals surface area contributed by atoms with Gasteiger partial charge in [-0.25, -0.2) is 18.2 Å². The van der Waals surface area contributed by atoms with Crippen molar-refractivity contribution in [3.05, 3.63) is 65.0 Å². The van der Waals surface area contributed by atoms with Crippen molar-refractivity contribution >= 4 is 17.1 Å². The molecule has 2 bridgehead atoms. The van der Waals surface area contributed by atoms with Gasteiger partial charge in [0, 0.05) is 49.9 Å². The molecule has 6 rings (SSSR count). The molecule has 5 heterocycles. The number of nitrogens with zero attached hydrogens (tertiary/aromatic N) is 6. The SMILES string of the molecule is Cn1nc2c(c1-c1cc(F)c(F)c(F)c1)C[C@@H]1CCC[C@H]2N1C(=O)c1cn(C)c2nccnc12. The molecular formula is C24H21F3N6O. The lowest BCUT2D eigenvalue weighted by Crippen LogP contribution is -2.49. The Hall–Kier alpha value is -3.69. The van der Waals surface area contributed by atoms with Crippen molar-refractivity contribution in [1.82, 2.24) is 29.2 Å². The van der Waals surface area contributed by atoms with Crippen LogP contribution in [0.5, 0.6) is 0 Å². The molecule has 1 amide bonds. The van der Waals surface area contributed by atoms with Crippen LogP contribution in [-0.4, -0.2) is 41.2 Å². The third-order valence-corrected chi connectivity index (χ3v) is 6.99. The average Bonchev–Trinajstić information content (AvgIpc) is 3.33. The van der Waals surface area contributed by atoms with Crippen molar-refractivity contribution in [2.24, 2.45) is 14.1 Å². The molecule has 1 fully saturated rings. The molecule has 34 heavy (non-hydrogen) atoms. The van der Waals surface area contributed by atoms with Gasteiger partial charge in [0.1, 0.15) is 5.52 Å². The van der Waals surface area contributed by atoms with E-state index < -0.39 is 17.5 Å². The highest BCUT2D eigenvalue weighted by Crippen LogP contribution is 2.45. The van der Waals surface area contributed by atoms with E-state index in [-0.39, 0.29) is 23.6 Å². The molecule has 3 aromatic heterocycles. The number of rotatable bonds is 2. The fourth-order valence-corrected chi connectivity index (χ4v) is 5.59. The van der Waals surface area contributed by atoms with Crippen molar-refractivity contribution in [1.29, 1.82) is 0 Å². The minimum Gasteiger partial charge on any atom is -0.333 e. The summed E-state index contributed by atoms with van der Waals surface area (Å²) in [5, 5.41) is 4.67. The summed E-state index contributed by atoms with van der Waals surface area (Å²) < 4.78 is 44.9. The van der Waals surface area contributed by atoms with E-state index in [4.69, 9.17) is 0 Å². The smallest absolute Gasteiger partial charge is 0.258 e. The number of aromatic nitrogens is 5. The molecule has 2 atom stereocenters. The Balaban J connectivity index is 1.46. The van der Waals surface area contributed by atoms with E-state index in [0.717, 1.165) is 42.7 Å². The summed E-state index contributed by atoms with van der Waals surface area (Å²) in [6, 6.07) is 1.64. The molecule has 174 valence electrons. The minimum atomic E-state index is -1.49. The predicted octanol–water partition coefficient (Wildman–Crippen LogP) is 4.08. The second-order valence-corrected chi connectivity index (χ2v) is 8.99. The fraction of sp³-hybridized carbons (Fsp3) is 0.333. The van der Waals surface area contributed by atoms with E-state index >= 15 is 0 Å². The molecule has 2 aliphatic heterocycles. The summed E-state index contributed by atoms with van der Waals surface area (Å²) in [7, 11) is 3.53. The number of fused-ring (bicyclic) bond motifs is 5. The lowest BCUT2D eigenvalue weighted by Gasteiger charge is -2.45. The molecule has 0 unspecified atom stereocenters. The second kappa shape index (κ2) is 7.41. The topological polar surface area (TPSA) is 68.8 Å². The van der Waals surface area contributed by atoms with E-state index in [9.17, 15) is 18.0 Å². The Morgan fingerprint density at radius 2 is 1.79 bits per heavy atom. The van der Waals surface area contributed by atoms with Gasteiger partial charge in [-0.2, -0.15) is 5.10 Å². The van der Waals surface area contributed by atoms with Crippen LogP contribution in [0.4, 0.5) is 13.2 Å². The summed E-state index contributed by atoms with van der Waals surface area (Å²) >= 11 is 0. The lowest BCUT2D eigenvalue weighted by atomic mass is 9.81. The Bertz CT molecular complexity index is 1450. The van der Waals surface area contributed by atoms with Crippen molar-refractivity contribution in [2.75, 3.05) is 0 Å². The van der Waals surface area contributed by atoms with Crippen LogP contribution in [0.25, 0.3) is 22.4 Å². The molecule has 1 saturated heterocycles. The fourth-order valence-electron chi connectivity index (χ4n) is 5.59. The van der Waals surface area contributed by atoms with Crippen LogP contribution >= 0.6 is 0 Å². The van der Waals surface area contributed by atoms with E-state index in [0.29, 0.717) is 28.8 Å². The maximum atomic E-state index is 14.0. The Morgan fingerprint density at radius 3 is 2.56 bits per heavy atom. The first-order chi connectivity index (χ1) is 16.3. The van der Waals surface area contributed by atoms with Gasteiger partial charge in [0.25, 0.3) is 5.91 Å². The number of aryl methyl sites for hydroxylation is 2. The van der Waals surface area contributed by atoms with Crippen molar-refractivity contribution in [3.63, 3.8) is 0 Å². The number of carbonyl (C=O) groups is 1. The third-order valence-electron chi connectivity index (χ3n) is 6.99. The molecule has 0 saturated carbocycles. The molecular weight excluding hydrogens is 445 g/mol. The highest BCUT2D eigenvalue weighted by Gasteiger charge is 2.44. The quantitative estimate of drug-likeness (QED) is 0.418. The highest BCUT2D eigenvalue weighted by atomic mass is 19.2. The van der Waals surface area contributed by atoms with E-state index in [1.165, 1.54) is 0 Å². The van der Waals surface area contributed by atoms with Gasteiger partial charge in [-0.05, 0) is 37.8 Å². The first-order valence-electron chi connectivity index (χ1n) is 11.1. The summed E-state index contributed by atoms with van der Waals surface area (Å²) in [6.45, 7) is 0. The van der Waals surface area contributed by atoms with Gasteiger partial charge in [0.2, 0.25) is 0 Å². The molecule has 0 aliphatic carbocycles. The average molecular weight is 466 g/mol. The van der Waals surface area contributed by atoms with Crippen molar-refractivity contribution in [3.8, 4) is 11.3 Å². The van der Waals surface area contributed by atoms with E-state index in [2.05, 4.69) is 15.1 Å². The summed E-state index contributed by atoms with van der Waals surface area (Å²) in [6.07, 6.45) is 7.89. The molecule has 0 N–H and O–H groups in total. The van der Waals surface area contributed by atoms with Crippen molar-refractivity contribution in [2.45, 2.75) is 37.8 Å². The van der Waals surface area contributed by atoms with Crippen LogP contribution in [0.15, 0.2) is 30.7 Å². The Labute approximate surface area is 192 Å². The van der Waals surface area contributed by atoms with Crippen LogP contribution in [-0.2, 0) is 20.5 Å². The first kappa shape index (κ1) is 20.9. The van der Waals surface area contributed by atoms with Crippen LogP contribution in [0.2, 0.25) is 0 Å². The van der Waals surface area contributed by atoms with Crippen LogP contribution < -0.4 is 0 Å². The second-order valence-electron chi connectivity index (χ2n) is 8.99. The maximum Gasteiger partial charge on any atom is 0.258 e. The third kappa shape index (κ3) is 2.90. The number of hydrogen-bond acceptors (Lipinski definition) is 4. The number of piperidine rings is 1. The van der Waals surface area contributed by atoms with Crippen molar-refractivity contribution < 1.29 is 18.0 Å². The summed E-state index contributed by atoms with van der Waals surface area (Å²) in [5.41, 5.74) is 4.03. The number of amides is 1. The highest BCUT2D eigenvalue weighted by molar-refractivity contribution is 6.05. The van der Waals surface area contributed by atoms with Crippen LogP contribution in [0.3, 0.4) is 0 Å². The van der Waals surface area contributed by atoms with Gasteiger partial charge >= 0.3 is 0 Å². The summed E-state index contributed by atoms with van der Waals surface area (Å²) in [5.74, 6) is -4.10. The normalized spacial score (nSPS) is 19.5. The maximum absolute atomic E-state index is 14.0. The van der Waals surface area contributed by atoms with Gasteiger partial charge in [0.05, 0.1) is 23.0 Å². The van der Waals surface area contributed by atoms with E-state index in [1.807, 2.05) is 11.9 Å². The molecule has 0 spiro atoms. The molecule has 4 aromatic rings. The largest absolute Gasteiger partial charge is 0.333 e. The van der Waals surface area contributed by atoms with Gasteiger partial charge < -0.3 is 9.47 Å². The molecule has 2 aliphatic rings. The van der Waals surface area contributed by atoms with Gasteiger partial charge in [-0.15, -0.1) is 0 Å². The predicted molar refractivity (Wildman–Crippen MR) is 117 cm³/mol. The zero-order valence-corrected chi connectivity index (χ0v) is 18.6. The Kier molecular flexibility index (Phi) is 4.55. The Morgan fingerprint density at radius 1 is 1.06 bits per heavy atom. The molecule has 10 heteroatoms. The zero-order chi connectivity index (χ0) is 23.7. The molecule has 1 aromatic carbocycles. The monoisotopic (exact) mass is 466 g/mol. The first-order valence-corrected chi connectivity index (χ1v) is 11.1. The van der Waals surface area contributed by atoms with Gasteiger partial charge in [-0.1, -0.05) is 0 Å². The zero-order valence-electron chi connectivity index (χ0n) is 18.6. The van der Waals surface area contributed by atoms with Gasteiger partial charge in [0.15, 0.2) is 23.1 Å². The van der Waals surface area contributed by atoms with Crippen LogP contribution in [0.1, 0.15) is 46.9 Å². The van der Waals surface area contributed by atoms with Crippen LogP contribution in [0, 0.1) is 17.5 Å². The van der Waals surface area contributed by atoms with E-state index in [1.54, 1.807) is 34.9 Å². The number of benzene rings is 1. The number of hydrogen-bond donors (Lipinski definition) is 0.